The highest BCUT2D eigenvalue weighted by molar-refractivity contribution is 7.88. The van der Waals surface area contributed by atoms with Gasteiger partial charge < -0.3 is 9.73 Å². The summed E-state index contributed by atoms with van der Waals surface area (Å²) >= 11 is 0. The molecule has 4 amide bonds. The number of nitrogens with one attached hydrogen (secondary N) is 1. The van der Waals surface area contributed by atoms with Crippen molar-refractivity contribution in [1.29, 1.82) is 0 Å². The van der Waals surface area contributed by atoms with E-state index in [9.17, 15) is 18.0 Å². The van der Waals surface area contributed by atoms with Crippen molar-refractivity contribution < 1.29 is 22.4 Å². The third-order valence-corrected chi connectivity index (χ3v) is 4.92. The molecule has 25 heavy (non-hydrogen) atoms. The minimum atomic E-state index is -3.69. The van der Waals surface area contributed by atoms with Crippen molar-refractivity contribution in [3.63, 3.8) is 0 Å². The maximum atomic E-state index is 12.3. The molecule has 0 radical (unpaired) electrons. The average Bonchev–Trinajstić information content (AvgIpc) is 3.28. The van der Waals surface area contributed by atoms with E-state index in [2.05, 4.69) is 10.4 Å². The van der Waals surface area contributed by atoms with Gasteiger partial charge in [0.15, 0.2) is 0 Å². The molecule has 3 heterocycles. The molecule has 10 nitrogen and oxygen atoms in total. The van der Waals surface area contributed by atoms with Gasteiger partial charge in [0, 0.05) is 18.9 Å². The minimum Gasteiger partial charge on any atom is -0.467 e. The predicted molar refractivity (Wildman–Crippen MR) is 86.1 cm³/mol. The Kier molecular flexibility index (Phi) is 4.49. The minimum absolute atomic E-state index is 0.00489. The van der Waals surface area contributed by atoms with E-state index >= 15 is 0 Å². The normalized spacial score (nSPS) is 16.3. The van der Waals surface area contributed by atoms with Crippen LogP contribution in [0.2, 0.25) is 0 Å². The number of nitrogens with zero attached hydrogens (tertiary/aromatic N) is 4. The molecule has 1 atom stereocenters. The summed E-state index contributed by atoms with van der Waals surface area (Å²) in [5.41, 5.74) is 0. The van der Waals surface area contributed by atoms with Crippen molar-refractivity contribution in [2.45, 2.75) is 6.04 Å². The van der Waals surface area contributed by atoms with Gasteiger partial charge in [-0.3, -0.25) is 4.68 Å². The zero-order valence-electron chi connectivity index (χ0n) is 13.4. The highest BCUT2D eigenvalue weighted by Gasteiger charge is 2.38. The smallest absolute Gasteiger partial charge is 0.341 e. The first-order valence-corrected chi connectivity index (χ1v) is 9.32. The van der Waals surface area contributed by atoms with E-state index in [-0.39, 0.29) is 19.6 Å². The van der Waals surface area contributed by atoms with Gasteiger partial charge in [-0.1, -0.05) is 0 Å². The van der Waals surface area contributed by atoms with Crippen molar-refractivity contribution >= 4 is 22.1 Å². The fraction of sp³-hybridized carbons (Fsp3) is 0.357. The van der Waals surface area contributed by atoms with Gasteiger partial charge in [-0.2, -0.15) is 5.10 Å². The first-order valence-electron chi connectivity index (χ1n) is 7.47. The number of imide groups is 1. The summed E-state index contributed by atoms with van der Waals surface area (Å²) in [6, 6.07) is 3.31. The summed E-state index contributed by atoms with van der Waals surface area (Å²) < 4.78 is 30.7. The molecule has 1 aliphatic rings. The molecule has 1 N–H and O–H groups in total. The van der Waals surface area contributed by atoms with Crippen molar-refractivity contribution in [1.82, 2.24) is 24.3 Å². The number of carbonyl (C=O) groups excluding carboxylic acids is 2. The van der Waals surface area contributed by atoms with Crippen LogP contribution in [0.4, 0.5) is 9.59 Å². The second kappa shape index (κ2) is 6.59. The van der Waals surface area contributed by atoms with Crippen LogP contribution in [-0.2, 0) is 10.0 Å². The van der Waals surface area contributed by atoms with E-state index in [1.165, 1.54) is 6.26 Å². The quantitative estimate of drug-likeness (QED) is 0.821. The number of aromatic nitrogens is 2. The monoisotopic (exact) mass is 367 g/mol. The predicted octanol–water partition coefficient (Wildman–Crippen LogP) is 0.472. The zero-order chi connectivity index (χ0) is 18.0. The van der Waals surface area contributed by atoms with E-state index in [1.54, 1.807) is 35.3 Å². The highest BCUT2D eigenvalue weighted by atomic mass is 32.2. The molecule has 0 spiro atoms. The fourth-order valence-corrected chi connectivity index (χ4v) is 3.36. The number of urea groups is 2. The summed E-state index contributed by atoms with van der Waals surface area (Å²) in [5.74, 6) is 0.592. The number of sulfonamides is 1. The third kappa shape index (κ3) is 3.50. The summed E-state index contributed by atoms with van der Waals surface area (Å²) in [6.07, 6.45) is 5.77. The van der Waals surface area contributed by atoms with Crippen LogP contribution in [0.3, 0.4) is 0 Å². The second-order valence-corrected chi connectivity index (χ2v) is 7.38. The van der Waals surface area contributed by atoms with Gasteiger partial charge in [0.1, 0.15) is 11.8 Å². The van der Waals surface area contributed by atoms with Crippen LogP contribution in [0.25, 0.3) is 0 Å². The van der Waals surface area contributed by atoms with Gasteiger partial charge in [-0.05, 0) is 18.2 Å². The molecule has 1 fully saturated rings. The number of amides is 4. The Morgan fingerprint density at radius 3 is 2.76 bits per heavy atom. The van der Waals surface area contributed by atoms with Crippen molar-refractivity contribution in [2.24, 2.45) is 0 Å². The lowest BCUT2D eigenvalue weighted by Crippen LogP contribution is -2.45. The lowest BCUT2D eigenvalue weighted by atomic mass is 10.2. The van der Waals surface area contributed by atoms with Crippen LogP contribution in [0.1, 0.15) is 11.8 Å². The molecule has 2 aromatic heterocycles. The molecule has 0 aromatic carbocycles. The van der Waals surface area contributed by atoms with E-state index < -0.39 is 28.1 Å². The van der Waals surface area contributed by atoms with E-state index in [4.69, 9.17) is 4.42 Å². The van der Waals surface area contributed by atoms with Crippen LogP contribution < -0.4 is 5.32 Å². The van der Waals surface area contributed by atoms with Crippen LogP contribution in [-0.4, -0.2) is 65.4 Å². The zero-order valence-corrected chi connectivity index (χ0v) is 14.2. The maximum Gasteiger partial charge on any atom is 0.341 e. The fourth-order valence-electron chi connectivity index (χ4n) is 2.56. The Labute approximate surface area is 144 Å². The van der Waals surface area contributed by atoms with Gasteiger partial charge in [0.25, 0.3) is 0 Å². The lowest BCUT2D eigenvalue weighted by Gasteiger charge is -2.19. The average molecular weight is 367 g/mol. The topological polar surface area (TPSA) is 118 Å². The molecule has 2 aromatic rings. The van der Waals surface area contributed by atoms with Gasteiger partial charge in [-0.15, -0.1) is 0 Å². The lowest BCUT2D eigenvalue weighted by molar-refractivity contribution is 0.193. The van der Waals surface area contributed by atoms with Crippen LogP contribution >= 0.6 is 0 Å². The van der Waals surface area contributed by atoms with Gasteiger partial charge in [0.05, 0.1) is 25.6 Å². The molecule has 1 saturated heterocycles. The number of hydrogen-bond acceptors (Lipinski definition) is 6. The van der Waals surface area contributed by atoms with Gasteiger partial charge in [-0.25, -0.2) is 27.2 Å². The van der Waals surface area contributed by atoms with Gasteiger partial charge >= 0.3 is 12.1 Å². The highest BCUT2D eigenvalue weighted by Crippen LogP contribution is 2.18. The van der Waals surface area contributed by atoms with Crippen molar-refractivity contribution in [3.05, 3.63) is 42.6 Å². The summed E-state index contributed by atoms with van der Waals surface area (Å²) in [7, 11) is -3.69. The third-order valence-electron chi connectivity index (χ3n) is 3.78. The van der Waals surface area contributed by atoms with Crippen molar-refractivity contribution in [2.75, 3.05) is 25.9 Å². The molecule has 0 unspecified atom stereocenters. The molecule has 0 bridgehead atoms. The summed E-state index contributed by atoms with van der Waals surface area (Å²) in [5, 5.41) is 6.77. The van der Waals surface area contributed by atoms with Crippen LogP contribution in [0.15, 0.2) is 41.3 Å². The second-order valence-electron chi connectivity index (χ2n) is 5.47. The standard InChI is InChI=1S/C14H17N5O5S/c1-25(22,23)19-8-7-17(14(19)21)13(20)15-10-11(12-4-2-9-24-12)18-6-3-5-16-18/h2-6,9,11H,7-8,10H2,1H3,(H,15,20)/t11-/m1/s1. The van der Waals surface area contributed by atoms with Crippen molar-refractivity contribution in [3.8, 4) is 0 Å². The van der Waals surface area contributed by atoms with Crippen LogP contribution in [0.5, 0.6) is 0 Å². The largest absolute Gasteiger partial charge is 0.467 e. The Morgan fingerprint density at radius 2 is 2.20 bits per heavy atom. The Bertz CT molecular complexity index is 812. The first kappa shape index (κ1) is 17.0. The van der Waals surface area contributed by atoms with E-state index in [0.29, 0.717) is 10.1 Å². The summed E-state index contributed by atoms with van der Waals surface area (Å²) in [4.78, 5) is 25.2. The van der Waals surface area contributed by atoms with E-state index in [1.807, 2.05) is 0 Å². The van der Waals surface area contributed by atoms with Gasteiger partial charge in [0.2, 0.25) is 10.0 Å². The molecular formula is C14H17N5O5S. The summed E-state index contributed by atoms with van der Waals surface area (Å²) in [6.45, 7) is 0.0768. The number of carbonyl (C=O) groups is 2. The Balaban J connectivity index is 1.68. The maximum absolute atomic E-state index is 12.3. The molecular weight excluding hydrogens is 350 g/mol. The molecule has 11 heteroatoms. The molecule has 0 aliphatic carbocycles. The molecule has 134 valence electrons. The van der Waals surface area contributed by atoms with E-state index in [0.717, 1.165) is 11.2 Å². The molecule has 3 rings (SSSR count). The van der Waals surface area contributed by atoms with Crippen LogP contribution in [0, 0.1) is 0 Å². The SMILES string of the molecule is CS(=O)(=O)N1CCN(C(=O)NC[C@H](c2ccco2)n2cccn2)C1=O. The number of hydrogen-bond donors (Lipinski definition) is 1. The first-order chi connectivity index (χ1) is 11.9. The molecule has 1 aliphatic heterocycles. The Hall–Kier alpha value is -2.82. The number of furan rings is 1. The molecule has 0 saturated carbocycles. The Morgan fingerprint density at radius 1 is 1.40 bits per heavy atom. The number of rotatable bonds is 5.